The summed E-state index contributed by atoms with van der Waals surface area (Å²) in [5, 5.41) is 3.99. The van der Waals surface area contributed by atoms with Gasteiger partial charge in [-0.1, -0.05) is 60.1 Å². The van der Waals surface area contributed by atoms with Crippen molar-refractivity contribution in [1.82, 2.24) is 0 Å². The molecule has 4 heteroatoms. The van der Waals surface area contributed by atoms with E-state index in [1.165, 1.54) is 0 Å². The number of para-hydroxylation sites is 2. The van der Waals surface area contributed by atoms with Gasteiger partial charge in [-0.05, 0) is 49.2 Å². The molecule has 1 aliphatic rings. The molecule has 0 saturated heterocycles. The van der Waals surface area contributed by atoms with Gasteiger partial charge in [0.05, 0.1) is 16.6 Å². The fourth-order valence-electron chi connectivity index (χ4n) is 3.74. The first kappa shape index (κ1) is 17.6. The molecule has 0 fully saturated rings. The fraction of sp³-hybridized carbons (Fsp3) is 0.174. The number of rotatable bonds is 3. The summed E-state index contributed by atoms with van der Waals surface area (Å²) in [7, 11) is 0. The zero-order valence-corrected chi connectivity index (χ0v) is 15.9. The Morgan fingerprint density at radius 1 is 0.963 bits per heavy atom. The van der Waals surface area contributed by atoms with Crippen molar-refractivity contribution in [2.24, 2.45) is 0 Å². The van der Waals surface area contributed by atoms with Crippen LogP contribution in [0, 0.1) is 0 Å². The molecular weight excluding hydrogens is 356 g/mol. The topological polar surface area (TPSA) is 32.3 Å². The number of hydrogen-bond donors (Lipinski definition) is 1. The van der Waals surface area contributed by atoms with Crippen LogP contribution in [0.15, 0.2) is 78.9 Å². The van der Waals surface area contributed by atoms with E-state index >= 15 is 0 Å². The van der Waals surface area contributed by atoms with Gasteiger partial charge < -0.3 is 10.2 Å². The third-order valence-electron chi connectivity index (χ3n) is 4.97. The molecule has 0 aromatic heterocycles. The predicted octanol–water partition coefficient (Wildman–Crippen LogP) is 5.93. The van der Waals surface area contributed by atoms with Crippen LogP contribution in [0.2, 0.25) is 5.02 Å². The summed E-state index contributed by atoms with van der Waals surface area (Å²) in [4.78, 5) is 15.5. The highest BCUT2D eigenvalue weighted by Crippen LogP contribution is 2.40. The van der Waals surface area contributed by atoms with Gasteiger partial charge >= 0.3 is 0 Å². The Balaban J connectivity index is 1.85. The molecule has 27 heavy (non-hydrogen) atoms. The first-order chi connectivity index (χ1) is 13.1. The van der Waals surface area contributed by atoms with Crippen molar-refractivity contribution in [2.45, 2.75) is 25.4 Å². The SMILES string of the molecule is C[C@H]1C[C@H](N(C(=O)c2ccccc2Cl)c2ccccc2)c2ccccc2N1. The molecule has 0 aliphatic carbocycles. The number of nitrogens with one attached hydrogen (secondary N) is 1. The number of benzene rings is 3. The lowest BCUT2D eigenvalue weighted by atomic mass is 9.91. The Bertz CT molecular complexity index is 957. The smallest absolute Gasteiger partial charge is 0.260 e. The summed E-state index contributed by atoms with van der Waals surface area (Å²) in [5.74, 6) is -0.0827. The molecule has 0 unspecified atom stereocenters. The van der Waals surface area contributed by atoms with Crippen LogP contribution in [0.5, 0.6) is 0 Å². The molecule has 4 rings (SSSR count). The molecule has 3 aromatic carbocycles. The third-order valence-corrected chi connectivity index (χ3v) is 5.30. The van der Waals surface area contributed by atoms with Gasteiger partial charge in [-0.3, -0.25) is 4.79 Å². The van der Waals surface area contributed by atoms with Crippen molar-refractivity contribution in [3.63, 3.8) is 0 Å². The van der Waals surface area contributed by atoms with Gasteiger partial charge in [-0.2, -0.15) is 0 Å². The molecule has 0 radical (unpaired) electrons. The van der Waals surface area contributed by atoms with E-state index in [0.717, 1.165) is 23.4 Å². The van der Waals surface area contributed by atoms with Crippen LogP contribution in [0.4, 0.5) is 11.4 Å². The molecule has 1 heterocycles. The standard InChI is InChI=1S/C23H21ClN2O/c1-16-15-22(19-12-6-8-14-21(19)25-16)26(17-9-3-2-4-10-17)23(27)18-11-5-7-13-20(18)24/h2-14,16,22,25H,15H2,1H3/t16-,22-/m0/s1. The Labute approximate surface area is 164 Å². The van der Waals surface area contributed by atoms with Gasteiger partial charge in [-0.15, -0.1) is 0 Å². The first-order valence-electron chi connectivity index (χ1n) is 9.14. The molecule has 0 spiro atoms. The monoisotopic (exact) mass is 376 g/mol. The average Bonchev–Trinajstić information content (AvgIpc) is 2.69. The molecule has 0 saturated carbocycles. The van der Waals surface area contributed by atoms with Crippen LogP contribution in [-0.4, -0.2) is 11.9 Å². The number of amides is 1. The maximum atomic E-state index is 13.6. The van der Waals surface area contributed by atoms with Crippen LogP contribution < -0.4 is 10.2 Å². The van der Waals surface area contributed by atoms with Crippen LogP contribution in [0.3, 0.4) is 0 Å². The molecule has 1 aliphatic heterocycles. The van der Waals surface area contributed by atoms with Gasteiger partial charge in [0, 0.05) is 17.4 Å². The second-order valence-corrected chi connectivity index (χ2v) is 7.28. The highest BCUT2D eigenvalue weighted by molar-refractivity contribution is 6.34. The summed E-state index contributed by atoms with van der Waals surface area (Å²) in [6.45, 7) is 2.14. The number of carbonyl (C=O) groups is 1. The van der Waals surface area contributed by atoms with E-state index in [1.54, 1.807) is 12.1 Å². The van der Waals surface area contributed by atoms with Crippen molar-refractivity contribution >= 4 is 28.9 Å². The quantitative estimate of drug-likeness (QED) is 0.614. The average molecular weight is 377 g/mol. The largest absolute Gasteiger partial charge is 0.382 e. The minimum atomic E-state index is -0.0827. The van der Waals surface area contributed by atoms with E-state index < -0.39 is 0 Å². The van der Waals surface area contributed by atoms with Gasteiger partial charge in [0.15, 0.2) is 0 Å². The van der Waals surface area contributed by atoms with Crippen LogP contribution in [0.1, 0.15) is 35.3 Å². The minimum absolute atomic E-state index is 0.0661. The highest BCUT2D eigenvalue weighted by atomic mass is 35.5. The minimum Gasteiger partial charge on any atom is -0.382 e. The summed E-state index contributed by atoms with van der Waals surface area (Å²) in [5.41, 5.74) is 3.59. The number of nitrogens with zero attached hydrogens (tertiary/aromatic N) is 1. The van der Waals surface area contributed by atoms with Crippen LogP contribution >= 0.6 is 11.6 Å². The second kappa shape index (κ2) is 7.45. The molecule has 136 valence electrons. The Kier molecular flexibility index (Phi) is 4.87. The van der Waals surface area contributed by atoms with Crippen molar-refractivity contribution in [1.29, 1.82) is 0 Å². The molecule has 0 bridgehead atoms. The van der Waals surface area contributed by atoms with Crippen molar-refractivity contribution in [3.05, 3.63) is 95.0 Å². The zero-order chi connectivity index (χ0) is 18.8. The Hall–Kier alpha value is -2.78. The summed E-state index contributed by atoms with van der Waals surface area (Å²) in [6.07, 6.45) is 0.822. The Morgan fingerprint density at radius 2 is 1.63 bits per heavy atom. The van der Waals surface area contributed by atoms with E-state index in [0.29, 0.717) is 10.6 Å². The fourth-order valence-corrected chi connectivity index (χ4v) is 3.96. The number of hydrogen-bond acceptors (Lipinski definition) is 2. The molecule has 3 aromatic rings. The third kappa shape index (κ3) is 3.43. The van der Waals surface area contributed by atoms with E-state index in [9.17, 15) is 4.79 Å². The second-order valence-electron chi connectivity index (χ2n) is 6.87. The summed E-state index contributed by atoms with van der Waals surface area (Å²) >= 11 is 6.36. The summed E-state index contributed by atoms with van der Waals surface area (Å²) in [6, 6.07) is 25.5. The molecule has 3 nitrogen and oxygen atoms in total. The Morgan fingerprint density at radius 3 is 2.41 bits per heavy atom. The van der Waals surface area contributed by atoms with E-state index in [-0.39, 0.29) is 18.0 Å². The lowest BCUT2D eigenvalue weighted by Crippen LogP contribution is -2.40. The molecule has 2 atom stereocenters. The van der Waals surface area contributed by atoms with E-state index in [4.69, 9.17) is 11.6 Å². The van der Waals surface area contributed by atoms with Gasteiger partial charge in [0.2, 0.25) is 0 Å². The van der Waals surface area contributed by atoms with Crippen LogP contribution in [0.25, 0.3) is 0 Å². The number of fused-ring (bicyclic) bond motifs is 1. The number of carbonyl (C=O) groups excluding carboxylic acids is 1. The lowest BCUT2D eigenvalue weighted by Gasteiger charge is -2.39. The normalized spacial score (nSPS) is 18.3. The van der Waals surface area contributed by atoms with Crippen molar-refractivity contribution in [2.75, 3.05) is 10.2 Å². The first-order valence-corrected chi connectivity index (χ1v) is 9.51. The number of halogens is 1. The van der Waals surface area contributed by atoms with Gasteiger partial charge in [0.25, 0.3) is 5.91 Å². The van der Waals surface area contributed by atoms with E-state index in [1.807, 2.05) is 59.5 Å². The van der Waals surface area contributed by atoms with Crippen molar-refractivity contribution in [3.8, 4) is 0 Å². The lowest BCUT2D eigenvalue weighted by molar-refractivity contribution is 0.0974. The van der Waals surface area contributed by atoms with Crippen LogP contribution in [-0.2, 0) is 0 Å². The predicted molar refractivity (Wildman–Crippen MR) is 112 cm³/mol. The number of anilines is 2. The van der Waals surface area contributed by atoms with Crippen molar-refractivity contribution < 1.29 is 4.79 Å². The molecular formula is C23H21ClN2O. The van der Waals surface area contributed by atoms with Gasteiger partial charge in [-0.25, -0.2) is 0 Å². The molecule has 1 N–H and O–H groups in total. The van der Waals surface area contributed by atoms with E-state index in [2.05, 4.69) is 24.4 Å². The maximum absolute atomic E-state index is 13.6. The highest BCUT2D eigenvalue weighted by Gasteiger charge is 2.33. The zero-order valence-electron chi connectivity index (χ0n) is 15.1. The molecule has 1 amide bonds. The van der Waals surface area contributed by atoms with Gasteiger partial charge in [0.1, 0.15) is 0 Å². The maximum Gasteiger partial charge on any atom is 0.260 e. The summed E-state index contributed by atoms with van der Waals surface area (Å²) < 4.78 is 0.